The summed E-state index contributed by atoms with van der Waals surface area (Å²) in [5, 5.41) is 14.7. The Morgan fingerprint density at radius 2 is 1.81 bits per heavy atom. The number of rotatable bonds is 4. The number of hydrogen-bond acceptors (Lipinski definition) is 5. The first-order valence-corrected chi connectivity index (χ1v) is 9.12. The van der Waals surface area contributed by atoms with Crippen LogP contribution < -0.4 is 5.73 Å². The number of carbonyl (C=O) groups is 2. The zero-order valence-corrected chi connectivity index (χ0v) is 16.1. The first-order valence-electron chi connectivity index (χ1n) is 9.12. The first kappa shape index (κ1) is 19.2. The number of piperazine rings is 1. The highest BCUT2D eigenvalue weighted by Gasteiger charge is 2.33. The number of anilines is 1. The van der Waals surface area contributed by atoms with Crippen molar-refractivity contribution in [2.24, 2.45) is 5.41 Å². The molecule has 1 aliphatic heterocycles. The van der Waals surface area contributed by atoms with Crippen molar-refractivity contribution in [3.8, 4) is 0 Å². The molecule has 1 aliphatic rings. The number of benzene rings is 1. The summed E-state index contributed by atoms with van der Waals surface area (Å²) in [5.41, 5.74) is 7.63. The number of aliphatic hydroxyl groups excluding tert-OH is 1. The maximum absolute atomic E-state index is 12.6. The fraction of sp³-hybridized carbons (Fsp3) is 0.526. The molecule has 0 unspecified atom stereocenters. The van der Waals surface area contributed by atoms with Gasteiger partial charge in [0.05, 0.1) is 17.5 Å². The average Bonchev–Trinajstić information content (AvgIpc) is 3.02. The Hall–Kier alpha value is -2.61. The second-order valence-electron chi connectivity index (χ2n) is 7.81. The van der Waals surface area contributed by atoms with E-state index < -0.39 is 5.41 Å². The van der Waals surface area contributed by atoms with Crippen LogP contribution in [0.25, 0.3) is 10.9 Å². The van der Waals surface area contributed by atoms with Gasteiger partial charge in [-0.25, -0.2) is 0 Å². The Morgan fingerprint density at radius 1 is 1.19 bits per heavy atom. The number of aliphatic hydroxyl groups is 1. The molecule has 0 atom stereocenters. The van der Waals surface area contributed by atoms with E-state index >= 15 is 0 Å². The van der Waals surface area contributed by atoms with E-state index in [-0.39, 0.29) is 25.0 Å². The average molecular weight is 373 g/mol. The van der Waals surface area contributed by atoms with E-state index in [2.05, 4.69) is 5.10 Å². The molecule has 1 fully saturated rings. The number of fused-ring (bicyclic) bond motifs is 1. The topological polar surface area (TPSA) is 105 Å². The molecule has 0 bridgehead atoms. The van der Waals surface area contributed by atoms with E-state index in [9.17, 15) is 14.7 Å². The van der Waals surface area contributed by atoms with Gasteiger partial charge in [0.1, 0.15) is 6.54 Å². The predicted molar refractivity (Wildman–Crippen MR) is 103 cm³/mol. The lowest BCUT2D eigenvalue weighted by molar-refractivity contribution is -0.147. The quantitative estimate of drug-likeness (QED) is 0.765. The van der Waals surface area contributed by atoms with Gasteiger partial charge in [0.25, 0.3) is 0 Å². The maximum atomic E-state index is 12.6. The van der Waals surface area contributed by atoms with Crippen LogP contribution in [0, 0.1) is 12.3 Å². The number of aryl methyl sites for hydroxylation is 1. The number of amides is 2. The van der Waals surface area contributed by atoms with Crippen LogP contribution in [0.1, 0.15) is 19.4 Å². The molecule has 0 aliphatic carbocycles. The van der Waals surface area contributed by atoms with Gasteiger partial charge in [0, 0.05) is 43.4 Å². The van der Waals surface area contributed by atoms with Crippen LogP contribution in [0.2, 0.25) is 0 Å². The highest BCUT2D eigenvalue weighted by Crippen LogP contribution is 2.21. The largest absolute Gasteiger partial charge is 0.398 e. The number of nitrogens with zero attached hydrogens (tertiary/aromatic N) is 4. The second kappa shape index (κ2) is 7.19. The summed E-state index contributed by atoms with van der Waals surface area (Å²) in [5.74, 6) is -0.107. The van der Waals surface area contributed by atoms with E-state index in [0.29, 0.717) is 31.9 Å². The fourth-order valence-corrected chi connectivity index (χ4v) is 3.22. The van der Waals surface area contributed by atoms with Gasteiger partial charge in [-0.3, -0.25) is 14.3 Å². The number of hydrogen-bond donors (Lipinski definition) is 2. The zero-order valence-electron chi connectivity index (χ0n) is 16.1. The van der Waals surface area contributed by atoms with Crippen molar-refractivity contribution in [3.05, 3.63) is 23.9 Å². The van der Waals surface area contributed by atoms with Crippen molar-refractivity contribution >= 4 is 28.4 Å². The van der Waals surface area contributed by atoms with Gasteiger partial charge in [-0.2, -0.15) is 5.10 Å². The summed E-state index contributed by atoms with van der Waals surface area (Å²) in [6.07, 6.45) is 1.83. The molecule has 27 heavy (non-hydrogen) atoms. The van der Waals surface area contributed by atoms with Crippen LogP contribution in [0.3, 0.4) is 0 Å². The number of nitrogens with two attached hydrogens (primary N) is 1. The molecule has 8 nitrogen and oxygen atoms in total. The van der Waals surface area contributed by atoms with Gasteiger partial charge < -0.3 is 20.6 Å². The van der Waals surface area contributed by atoms with Gasteiger partial charge in [-0.1, -0.05) is 0 Å². The second-order valence-corrected chi connectivity index (χ2v) is 7.81. The maximum Gasteiger partial charge on any atom is 0.244 e. The Balaban J connectivity index is 1.61. The minimum absolute atomic E-state index is 0.0268. The van der Waals surface area contributed by atoms with Crippen LogP contribution in [0.4, 0.5) is 5.69 Å². The van der Waals surface area contributed by atoms with Crippen molar-refractivity contribution < 1.29 is 14.7 Å². The molecular weight excluding hydrogens is 346 g/mol. The van der Waals surface area contributed by atoms with Crippen molar-refractivity contribution in [2.75, 3.05) is 38.5 Å². The lowest BCUT2D eigenvalue weighted by Crippen LogP contribution is -2.54. The van der Waals surface area contributed by atoms with E-state index in [1.807, 2.05) is 25.3 Å². The molecule has 0 radical (unpaired) electrons. The van der Waals surface area contributed by atoms with E-state index in [1.54, 1.807) is 28.3 Å². The standard InChI is InChI=1S/C19H27N5O3/c1-13-8-16-14(9-15(13)20)10-24(21-16)11-17(26)22-4-6-23(7-5-22)18(27)19(2,3)12-25/h8-10,25H,4-7,11-12,20H2,1-3H3. The molecular formula is C19H27N5O3. The van der Waals surface area contributed by atoms with Crippen molar-refractivity contribution in [2.45, 2.75) is 27.3 Å². The third-order valence-corrected chi connectivity index (χ3v) is 5.13. The van der Waals surface area contributed by atoms with Crippen molar-refractivity contribution in [1.29, 1.82) is 0 Å². The molecule has 1 aromatic heterocycles. The summed E-state index contributed by atoms with van der Waals surface area (Å²) in [7, 11) is 0. The van der Waals surface area contributed by atoms with Crippen LogP contribution in [0.15, 0.2) is 18.3 Å². The molecule has 2 amide bonds. The predicted octanol–water partition coefficient (Wildman–Crippen LogP) is 0.616. The van der Waals surface area contributed by atoms with Gasteiger partial charge in [0.15, 0.2) is 0 Å². The van der Waals surface area contributed by atoms with E-state index in [1.165, 1.54) is 0 Å². The molecule has 1 aromatic carbocycles. The molecule has 2 aromatic rings. The number of carbonyl (C=O) groups excluding carboxylic acids is 2. The molecule has 0 saturated carbocycles. The molecule has 146 valence electrons. The molecule has 1 saturated heterocycles. The normalized spacial score (nSPS) is 15.4. The molecule has 2 heterocycles. The zero-order chi connectivity index (χ0) is 19.8. The van der Waals surface area contributed by atoms with Gasteiger partial charge in [0.2, 0.25) is 11.8 Å². The molecule has 3 N–H and O–H groups in total. The molecule has 3 rings (SSSR count). The van der Waals surface area contributed by atoms with E-state index in [4.69, 9.17) is 5.73 Å². The minimum atomic E-state index is -0.790. The lowest BCUT2D eigenvalue weighted by Gasteiger charge is -2.38. The summed E-state index contributed by atoms with van der Waals surface area (Å²) in [6.45, 7) is 7.27. The summed E-state index contributed by atoms with van der Waals surface area (Å²) in [4.78, 5) is 28.5. The third kappa shape index (κ3) is 3.90. The van der Waals surface area contributed by atoms with Crippen molar-refractivity contribution in [1.82, 2.24) is 19.6 Å². The minimum Gasteiger partial charge on any atom is -0.398 e. The Kier molecular flexibility index (Phi) is 5.10. The Morgan fingerprint density at radius 3 is 2.44 bits per heavy atom. The Bertz CT molecular complexity index is 827. The first-order chi connectivity index (χ1) is 12.7. The van der Waals surface area contributed by atoms with Gasteiger partial charge in [-0.05, 0) is 38.5 Å². The van der Waals surface area contributed by atoms with Crippen LogP contribution in [-0.4, -0.2) is 69.3 Å². The highest BCUT2D eigenvalue weighted by atomic mass is 16.3. The highest BCUT2D eigenvalue weighted by molar-refractivity contribution is 5.84. The van der Waals surface area contributed by atoms with Crippen LogP contribution in [0.5, 0.6) is 0 Å². The Labute approximate surface area is 158 Å². The van der Waals surface area contributed by atoms with Crippen LogP contribution in [-0.2, 0) is 16.1 Å². The van der Waals surface area contributed by atoms with Gasteiger partial charge in [-0.15, -0.1) is 0 Å². The monoisotopic (exact) mass is 373 g/mol. The van der Waals surface area contributed by atoms with Crippen molar-refractivity contribution in [3.63, 3.8) is 0 Å². The third-order valence-electron chi connectivity index (χ3n) is 5.13. The van der Waals surface area contributed by atoms with Crippen LogP contribution >= 0.6 is 0 Å². The van der Waals surface area contributed by atoms with E-state index in [0.717, 1.165) is 16.5 Å². The smallest absolute Gasteiger partial charge is 0.244 e. The SMILES string of the molecule is Cc1cc2nn(CC(=O)N3CCN(C(=O)C(C)(C)CO)CC3)cc2cc1N. The molecule has 8 heteroatoms. The summed E-state index contributed by atoms with van der Waals surface area (Å²) in [6, 6.07) is 3.78. The fourth-order valence-electron chi connectivity index (χ4n) is 3.22. The lowest BCUT2D eigenvalue weighted by atomic mass is 9.92. The molecule has 0 spiro atoms. The summed E-state index contributed by atoms with van der Waals surface area (Å²) >= 11 is 0. The number of aromatic nitrogens is 2. The summed E-state index contributed by atoms with van der Waals surface area (Å²) < 4.78 is 1.64. The van der Waals surface area contributed by atoms with Gasteiger partial charge >= 0.3 is 0 Å². The number of nitrogen functional groups attached to an aromatic ring is 1.